The smallest absolute Gasteiger partial charge is 0.404 e. The third-order valence-electron chi connectivity index (χ3n) is 1.84. The van der Waals surface area contributed by atoms with Gasteiger partial charge >= 0.3 is 6.09 Å². The number of primary amides is 1. The quantitative estimate of drug-likeness (QED) is 0.663. The summed E-state index contributed by atoms with van der Waals surface area (Å²) < 4.78 is 17.0. The fourth-order valence-electron chi connectivity index (χ4n) is 1.11. The monoisotopic (exact) mass is 242 g/mol. The summed E-state index contributed by atoms with van der Waals surface area (Å²) in [4.78, 5) is 21.7. The van der Waals surface area contributed by atoms with E-state index in [9.17, 15) is 19.1 Å². The van der Waals surface area contributed by atoms with Gasteiger partial charge in [-0.3, -0.25) is 4.79 Å². The van der Waals surface area contributed by atoms with Gasteiger partial charge in [-0.2, -0.15) is 0 Å². The average Bonchev–Trinajstić information content (AvgIpc) is 2.23. The summed E-state index contributed by atoms with van der Waals surface area (Å²) in [6.07, 6.45) is -0.941. The minimum Gasteiger partial charge on any atom is -0.507 e. The van der Waals surface area contributed by atoms with Gasteiger partial charge in [0, 0.05) is 6.07 Å². The summed E-state index contributed by atoms with van der Waals surface area (Å²) in [5, 5.41) is 11.7. The highest BCUT2D eigenvalue weighted by Gasteiger charge is 2.11. The number of carbonyl (C=O) groups excluding carboxylic acids is 2. The molecule has 2 amide bonds. The molecule has 0 fully saturated rings. The van der Waals surface area contributed by atoms with Crippen molar-refractivity contribution in [3.63, 3.8) is 0 Å². The number of nitrogens with one attached hydrogen (secondary N) is 1. The Morgan fingerprint density at radius 3 is 2.76 bits per heavy atom. The van der Waals surface area contributed by atoms with Crippen LogP contribution < -0.4 is 11.1 Å². The van der Waals surface area contributed by atoms with Crippen LogP contribution in [0.1, 0.15) is 10.4 Å². The first-order chi connectivity index (χ1) is 8.00. The van der Waals surface area contributed by atoms with Crippen molar-refractivity contribution >= 4 is 12.0 Å². The lowest BCUT2D eigenvalue weighted by Crippen LogP contribution is -2.29. The van der Waals surface area contributed by atoms with Gasteiger partial charge in [0.25, 0.3) is 5.91 Å². The number of hydrogen-bond donors (Lipinski definition) is 3. The molecule has 0 heterocycles. The summed E-state index contributed by atoms with van der Waals surface area (Å²) in [6, 6.07) is 3.03. The number of nitrogens with two attached hydrogens (primary N) is 1. The van der Waals surface area contributed by atoms with Crippen molar-refractivity contribution in [3.05, 3.63) is 29.6 Å². The molecule has 17 heavy (non-hydrogen) atoms. The van der Waals surface area contributed by atoms with Crippen LogP contribution in [0.4, 0.5) is 9.18 Å². The number of carbonyl (C=O) groups is 2. The molecular formula is C10H11FN2O4. The van der Waals surface area contributed by atoms with Crippen molar-refractivity contribution < 1.29 is 23.8 Å². The van der Waals surface area contributed by atoms with E-state index in [0.717, 1.165) is 18.2 Å². The van der Waals surface area contributed by atoms with E-state index in [2.05, 4.69) is 10.1 Å². The summed E-state index contributed by atoms with van der Waals surface area (Å²) in [5.74, 6) is -1.70. The van der Waals surface area contributed by atoms with Crippen molar-refractivity contribution in [1.29, 1.82) is 0 Å². The number of phenols is 1. The third kappa shape index (κ3) is 3.98. The fraction of sp³-hybridized carbons (Fsp3) is 0.200. The van der Waals surface area contributed by atoms with Crippen LogP contribution in [0.2, 0.25) is 0 Å². The van der Waals surface area contributed by atoms with Gasteiger partial charge in [-0.05, 0) is 12.1 Å². The van der Waals surface area contributed by atoms with Crippen molar-refractivity contribution in [3.8, 4) is 5.75 Å². The normalized spacial score (nSPS) is 9.71. The van der Waals surface area contributed by atoms with Crippen LogP contribution in [-0.4, -0.2) is 30.3 Å². The van der Waals surface area contributed by atoms with Gasteiger partial charge in [0.1, 0.15) is 18.2 Å². The molecule has 7 heteroatoms. The Bertz CT molecular complexity index is 436. The molecule has 1 aromatic carbocycles. The molecule has 1 rings (SSSR count). The number of rotatable bonds is 4. The Balaban J connectivity index is 2.50. The molecule has 6 nitrogen and oxygen atoms in total. The lowest BCUT2D eigenvalue weighted by atomic mass is 10.2. The Labute approximate surface area is 96.2 Å². The summed E-state index contributed by atoms with van der Waals surface area (Å²) in [7, 11) is 0. The number of aromatic hydroxyl groups is 1. The largest absolute Gasteiger partial charge is 0.507 e. The van der Waals surface area contributed by atoms with E-state index in [4.69, 9.17) is 5.73 Å². The number of halogens is 1. The fourth-order valence-corrected chi connectivity index (χ4v) is 1.11. The molecule has 1 aromatic rings. The molecule has 0 saturated carbocycles. The lowest BCUT2D eigenvalue weighted by Gasteiger charge is -2.06. The van der Waals surface area contributed by atoms with E-state index >= 15 is 0 Å². The lowest BCUT2D eigenvalue weighted by molar-refractivity contribution is 0.0934. The van der Waals surface area contributed by atoms with Crippen LogP contribution in [0.15, 0.2) is 18.2 Å². The molecule has 0 spiro atoms. The van der Waals surface area contributed by atoms with Crippen molar-refractivity contribution in [2.45, 2.75) is 0 Å². The molecule has 0 bridgehead atoms. The minimum atomic E-state index is -0.941. The maximum absolute atomic E-state index is 12.6. The molecule has 0 aliphatic heterocycles. The van der Waals surface area contributed by atoms with Gasteiger partial charge in [-0.1, -0.05) is 0 Å². The molecule has 0 radical (unpaired) electrons. The number of amides is 2. The van der Waals surface area contributed by atoms with E-state index in [1.165, 1.54) is 0 Å². The molecule has 0 aromatic heterocycles. The van der Waals surface area contributed by atoms with Crippen molar-refractivity contribution in [2.75, 3.05) is 13.2 Å². The zero-order valence-corrected chi connectivity index (χ0v) is 8.77. The molecule has 0 aliphatic rings. The molecule has 0 saturated heterocycles. The first-order valence-electron chi connectivity index (χ1n) is 4.69. The zero-order valence-electron chi connectivity index (χ0n) is 8.77. The van der Waals surface area contributed by atoms with Crippen LogP contribution >= 0.6 is 0 Å². The van der Waals surface area contributed by atoms with Gasteiger partial charge in [0.15, 0.2) is 0 Å². The zero-order chi connectivity index (χ0) is 12.8. The third-order valence-corrected chi connectivity index (χ3v) is 1.84. The van der Waals surface area contributed by atoms with Gasteiger partial charge in [-0.15, -0.1) is 0 Å². The van der Waals surface area contributed by atoms with E-state index in [1.54, 1.807) is 0 Å². The topological polar surface area (TPSA) is 102 Å². The van der Waals surface area contributed by atoms with Crippen LogP contribution in [-0.2, 0) is 4.74 Å². The Morgan fingerprint density at radius 2 is 2.18 bits per heavy atom. The van der Waals surface area contributed by atoms with Crippen LogP contribution in [0.5, 0.6) is 5.75 Å². The predicted molar refractivity (Wildman–Crippen MR) is 55.9 cm³/mol. The molecule has 92 valence electrons. The number of benzene rings is 1. The standard InChI is InChI=1S/C10H11FN2O4/c11-6-1-2-7(8(14)5-6)9(15)13-3-4-17-10(12)16/h1-2,5,14H,3-4H2,(H2,12,16)(H,13,15). The van der Waals surface area contributed by atoms with E-state index in [0.29, 0.717) is 0 Å². The van der Waals surface area contributed by atoms with Gasteiger partial charge in [0.05, 0.1) is 12.1 Å². The first kappa shape index (κ1) is 12.8. The average molecular weight is 242 g/mol. The summed E-state index contributed by atoms with van der Waals surface area (Å²) in [5.41, 5.74) is 4.64. The number of hydrogen-bond acceptors (Lipinski definition) is 4. The first-order valence-corrected chi connectivity index (χ1v) is 4.69. The van der Waals surface area contributed by atoms with Gasteiger partial charge in [-0.25, -0.2) is 9.18 Å². The molecule has 0 aliphatic carbocycles. The Hall–Kier alpha value is -2.31. The van der Waals surface area contributed by atoms with Crippen LogP contribution in [0, 0.1) is 5.82 Å². The SMILES string of the molecule is NC(=O)OCCNC(=O)c1ccc(F)cc1O. The number of phenolic OH excluding ortho intramolecular Hbond substituents is 1. The highest BCUT2D eigenvalue weighted by atomic mass is 19.1. The molecular weight excluding hydrogens is 231 g/mol. The highest BCUT2D eigenvalue weighted by Crippen LogP contribution is 2.17. The Morgan fingerprint density at radius 1 is 1.47 bits per heavy atom. The highest BCUT2D eigenvalue weighted by molar-refractivity contribution is 5.96. The maximum Gasteiger partial charge on any atom is 0.404 e. The second-order valence-electron chi connectivity index (χ2n) is 3.08. The number of ether oxygens (including phenoxy) is 1. The molecule has 0 atom stereocenters. The second-order valence-corrected chi connectivity index (χ2v) is 3.08. The van der Waals surface area contributed by atoms with Crippen molar-refractivity contribution in [1.82, 2.24) is 5.32 Å². The summed E-state index contributed by atoms with van der Waals surface area (Å²) >= 11 is 0. The minimum absolute atomic E-state index is 0.0403. The molecule has 0 unspecified atom stereocenters. The van der Waals surface area contributed by atoms with E-state index in [1.807, 2.05) is 0 Å². The van der Waals surface area contributed by atoms with Crippen LogP contribution in [0.25, 0.3) is 0 Å². The van der Waals surface area contributed by atoms with Gasteiger partial charge in [0.2, 0.25) is 0 Å². The molecule has 4 N–H and O–H groups in total. The van der Waals surface area contributed by atoms with Crippen molar-refractivity contribution in [2.24, 2.45) is 5.73 Å². The summed E-state index contributed by atoms with van der Waals surface area (Å²) in [6.45, 7) is -0.0401. The van der Waals surface area contributed by atoms with Crippen LogP contribution in [0.3, 0.4) is 0 Å². The second kappa shape index (κ2) is 5.69. The predicted octanol–water partition coefficient (Wildman–Crippen LogP) is 0.356. The Kier molecular flexibility index (Phi) is 4.27. The van der Waals surface area contributed by atoms with E-state index in [-0.39, 0.29) is 18.7 Å². The van der Waals surface area contributed by atoms with Gasteiger partial charge < -0.3 is 20.9 Å². The van der Waals surface area contributed by atoms with E-state index < -0.39 is 23.6 Å². The maximum atomic E-state index is 12.6.